The van der Waals surface area contributed by atoms with Crippen LogP contribution in [0.15, 0.2) is 12.1 Å². The number of hydrogen-bond donors (Lipinski definition) is 2. The lowest BCUT2D eigenvalue weighted by Gasteiger charge is -2.15. The number of aromatic hydroxyl groups is 1. The number of nitrogens with one attached hydrogen (secondary N) is 1. The molecule has 0 aliphatic carbocycles. The zero-order valence-corrected chi connectivity index (χ0v) is 8.18. The second-order valence-corrected chi connectivity index (χ2v) is 3.78. The van der Waals surface area contributed by atoms with Crippen LogP contribution in [0.1, 0.15) is 30.0 Å². The van der Waals surface area contributed by atoms with Gasteiger partial charge in [0.05, 0.1) is 0 Å². The van der Waals surface area contributed by atoms with E-state index in [1.807, 2.05) is 6.92 Å². The van der Waals surface area contributed by atoms with Gasteiger partial charge in [-0.25, -0.2) is 4.39 Å². The average molecular weight is 195 g/mol. The smallest absolute Gasteiger partial charge is 0.165 e. The number of hydrogen-bond acceptors (Lipinski definition) is 2. The van der Waals surface area contributed by atoms with Gasteiger partial charge in [0.2, 0.25) is 0 Å². The summed E-state index contributed by atoms with van der Waals surface area (Å²) in [4.78, 5) is 0. The first kappa shape index (κ1) is 9.46. The molecular formula is C11H14FNO. The van der Waals surface area contributed by atoms with Crippen molar-refractivity contribution in [1.29, 1.82) is 0 Å². The van der Waals surface area contributed by atoms with E-state index in [0.29, 0.717) is 0 Å². The highest BCUT2D eigenvalue weighted by Gasteiger charge is 2.22. The third kappa shape index (κ3) is 1.48. The van der Waals surface area contributed by atoms with Crippen LogP contribution < -0.4 is 5.32 Å². The van der Waals surface area contributed by atoms with E-state index in [9.17, 15) is 9.50 Å². The lowest BCUT2D eigenvalue weighted by Crippen LogP contribution is -2.14. The topological polar surface area (TPSA) is 32.3 Å². The van der Waals surface area contributed by atoms with Crippen molar-refractivity contribution in [3.8, 4) is 5.75 Å². The lowest BCUT2D eigenvalue weighted by atomic mass is 9.98. The number of aryl methyl sites for hydroxylation is 1. The van der Waals surface area contributed by atoms with Gasteiger partial charge >= 0.3 is 0 Å². The first-order valence-corrected chi connectivity index (χ1v) is 4.91. The number of rotatable bonds is 1. The van der Waals surface area contributed by atoms with E-state index in [-0.39, 0.29) is 11.8 Å². The minimum absolute atomic E-state index is 0.116. The summed E-state index contributed by atoms with van der Waals surface area (Å²) in [6.45, 7) is 2.84. The molecule has 0 saturated carbocycles. The Labute approximate surface area is 82.8 Å². The van der Waals surface area contributed by atoms with Crippen molar-refractivity contribution in [2.75, 3.05) is 6.54 Å². The van der Waals surface area contributed by atoms with Crippen LogP contribution in [-0.4, -0.2) is 11.7 Å². The van der Waals surface area contributed by atoms with Crippen LogP contribution in [0.4, 0.5) is 4.39 Å². The molecule has 2 rings (SSSR count). The summed E-state index contributed by atoms with van der Waals surface area (Å²) in [5, 5.41) is 12.9. The van der Waals surface area contributed by atoms with Crippen LogP contribution in [-0.2, 0) is 0 Å². The van der Waals surface area contributed by atoms with Gasteiger partial charge in [-0.1, -0.05) is 6.07 Å². The molecule has 14 heavy (non-hydrogen) atoms. The van der Waals surface area contributed by atoms with Gasteiger partial charge in [0.25, 0.3) is 0 Å². The highest BCUT2D eigenvalue weighted by atomic mass is 19.1. The van der Waals surface area contributed by atoms with Crippen molar-refractivity contribution in [3.63, 3.8) is 0 Å². The molecule has 1 aromatic carbocycles. The molecular weight excluding hydrogens is 181 g/mol. The minimum Gasteiger partial charge on any atom is -0.505 e. The molecule has 76 valence electrons. The molecule has 0 amide bonds. The van der Waals surface area contributed by atoms with Gasteiger partial charge in [-0.2, -0.15) is 0 Å². The predicted molar refractivity (Wildman–Crippen MR) is 52.8 cm³/mol. The molecule has 2 N–H and O–H groups in total. The second-order valence-electron chi connectivity index (χ2n) is 3.78. The van der Waals surface area contributed by atoms with Crippen LogP contribution in [0.5, 0.6) is 5.75 Å². The Morgan fingerprint density at radius 3 is 2.93 bits per heavy atom. The molecule has 1 heterocycles. The molecule has 0 spiro atoms. The lowest BCUT2D eigenvalue weighted by molar-refractivity contribution is 0.416. The first-order chi connectivity index (χ1) is 6.70. The van der Waals surface area contributed by atoms with E-state index in [1.54, 1.807) is 6.07 Å². The van der Waals surface area contributed by atoms with Gasteiger partial charge in [0, 0.05) is 11.6 Å². The molecule has 0 radical (unpaired) electrons. The fraction of sp³-hybridized carbons (Fsp3) is 0.455. The summed E-state index contributed by atoms with van der Waals surface area (Å²) in [5.74, 6) is -0.719. The molecule has 0 unspecified atom stereocenters. The van der Waals surface area contributed by atoms with Gasteiger partial charge < -0.3 is 10.4 Å². The largest absolute Gasteiger partial charge is 0.505 e. The minimum atomic E-state index is -0.528. The molecule has 1 aliphatic heterocycles. The number of phenolic OH excluding ortho intramolecular Hbond substituents is 1. The summed E-state index contributed by atoms with van der Waals surface area (Å²) in [6, 6.07) is 3.14. The maximum Gasteiger partial charge on any atom is 0.165 e. The second kappa shape index (κ2) is 3.58. The van der Waals surface area contributed by atoms with E-state index in [2.05, 4.69) is 5.32 Å². The molecule has 1 aromatic rings. The maximum atomic E-state index is 13.1. The number of benzene rings is 1. The van der Waals surface area contributed by atoms with Gasteiger partial charge in [-0.3, -0.25) is 0 Å². The predicted octanol–water partition coefficient (Wildman–Crippen LogP) is 2.26. The van der Waals surface area contributed by atoms with Crippen molar-refractivity contribution in [2.24, 2.45) is 0 Å². The molecule has 1 fully saturated rings. The summed E-state index contributed by atoms with van der Waals surface area (Å²) >= 11 is 0. The zero-order valence-electron chi connectivity index (χ0n) is 8.18. The Bertz CT molecular complexity index is 345. The van der Waals surface area contributed by atoms with Crippen molar-refractivity contribution in [1.82, 2.24) is 5.32 Å². The Kier molecular flexibility index (Phi) is 2.42. The summed E-state index contributed by atoms with van der Waals surface area (Å²) in [7, 11) is 0. The summed E-state index contributed by atoms with van der Waals surface area (Å²) in [6.07, 6.45) is 2.05. The zero-order chi connectivity index (χ0) is 10.1. The SMILES string of the molecule is Cc1ccc(F)c(O)c1[C@@H]1CCCN1. The van der Waals surface area contributed by atoms with Crippen molar-refractivity contribution in [2.45, 2.75) is 25.8 Å². The Hall–Kier alpha value is -1.09. The van der Waals surface area contributed by atoms with Crippen LogP contribution in [0.25, 0.3) is 0 Å². The average Bonchev–Trinajstić information content (AvgIpc) is 2.65. The van der Waals surface area contributed by atoms with E-state index in [4.69, 9.17) is 0 Å². The quantitative estimate of drug-likeness (QED) is 0.720. The van der Waals surface area contributed by atoms with Crippen molar-refractivity contribution >= 4 is 0 Å². The van der Waals surface area contributed by atoms with Crippen LogP contribution in [0.2, 0.25) is 0 Å². The van der Waals surface area contributed by atoms with Gasteiger partial charge in [-0.05, 0) is 37.9 Å². The third-order valence-electron chi connectivity index (χ3n) is 2.79. The number of halogens is 1. The highest BCUT2D eigenvalue weighted by Crippen LogP contribution is 2.34. The Morgan fingerprint density at radius 1 is 1.50 bits per heavy atom. The molecule has 0 bridgehead atoms. The van der Waals surface area contributed by atoms with E-state index < -0.39 is 5.82 Å². The van der Waals surface area contributed by atoms with Crippen molar-refractivity contribution in [3.05, 3.63) is 29.1 Å². The van der Waals surface area contributed by atoms with E-state index >= 15 is 0 Å². The molecule has 3 heteroatoms. The van der Waals surface area contributed by atoms with E-state index in [1.165, 1.54) is 6.07 Å². The van der Waals surface area contributed by atoms with Crippen LogP contribution >= 0.6 is 0 Å². The fourth-order valence-electron chi connectivity index (χ4n) is 2.05. The maximum absolute atomic E-state index is 13.1. The van der Waals surface area contributed by atoms with Gasteiger partial charge in [0.1, 0.15) is 0 Å². The fourth-order valence-corrected chi connectivity index (χ4v) is 2.05. The van der Waals surface area contributed by atoms with Gasteiger partial charge in [0.15, 0.2) is 11.6 Å². The normalized spacial score (nSPS) is 21.4. The Balaban J connectivity index is 2.44. The number of phenols is 1. The molecule has 1 atom stereocenters. The molecule has 2 nitrogen and oxygen atoms in total. The van der Waals surface area contributed by atoms with Gasteiger partial charge in [-0.15, -0.1) is 0 Å². The Morgan fingerprint density at radius 2 is 2.29 bits per heavy atom. The molecule has 1 saturated heterocycles. The molecule has 0 aromatic heterocycles. The van der Waals surface area contributed by atoms with Crippen LogP contribution in [0, 0.1) is 12.7 Å². The molecule has 1 aliphatic rings. The highest BCUT2D eigenvalue weighted by molar-refractivity contribution is 5.42. The summed E-state index contributed by atoms with van der Waals surface area (Å²) < 4.78 is 13.1. The first-order valence-electron chi connectivity index (χ1n) is 4.91. The van der Waals surface area contributed by atoms with Crippen LogP contribution in [0.3, 0.4) is 0 Å². The third-order valence-corrected chi connectivity index (χ3v) is 2.79. The standard InChI is InChI=1S/C11H14FNO/c1-7-4-5-8(12)11(14)10(7)9-3-2-6-13-9/h4-5,9,13-14H,2-3,6H2,1H3/t9-/m0/s1. The van der Waals surface area contributed by atoms with Crippen molar-refractivity contribution < 1.29 is 9.50 Å². The summed E-state index contributed by atoms with van der Waals surface area (Å²) in [5.41, 5.74) is 1.67. The van der Waals surface area contributed by atoms with E-state index in [0.717, 1.165) is 30.5 Å². The monoisotopic (exact) mass is 195 g/mol.